The number of rotatable bonds is 1. The molecule has 0 N–H and O–H groups in total. The number of benzene rings is 2. The number of fused-ring (bicyclic) bond motifs is 3. The molecule has 0 nitrogen and oxygen atoms in total. The van der Waals surface area contributed by atoms with Gasteiger partial charge in [0, 0.05) is 5.92 Å². The molecule has 0 amide bonds. The Bertz CT molecular complexity index is 936. The molecule has 0 fully saturated rings. The molecule has 1 radical (unpaired) electrons. The van der Waals surface area contributed by atoms with Crippen molar-refractivity contribution in [2.45, 2.75) is 12.8 Å². The van der Waals surface area contributed by atoms with Gasteiger partial charge in [-0.1, -0.05) is 71.0 Å². The van der Waals surface area contributed by atoms with E-state index in [1.54, 1.807) is 0 Å². The van der Waals surface area contributed by atoms with Crippen LogP contribution in [0.1, 0.15) is 24.0 Å². The molecule has 117 valence electrons. The second-order valence-electron chi connectivity index (χ2n) is 5.38. The van der Waals surface area contributed by atoms with Crippen LogP contribution in [0.4, 0.5) is 0 Å². The van der Waals surface area contributed by atoms with Crippen LogP contribution >= 0.6 is 0 Å². The Balaban J connectivity index is 0.000000960. The van der Waals surface area contributed by atoms with Crippen molar-refractivity contribution >= 4 is 11.8 Å². The Morgan fingerprint density at radius 3 is 2.46 bits per heavy atom. The third-order valence-corrected chi connectivity index (χ3v) is 4.07. The van der Waals surface area contributed by atoms with Gasteiger partial charge in [-0.2, -0.15) is 5.73 Å². The van der Waals surface area contributed by atoms with E-state index < -0.39 is 0 Å². The zero-order chi connectivity index (χ0) is 14.2. The third-order valence-electron chi connectivity index (χ3n) is 4.07. The second kappa shape index (κ2) is 8.84. The van der Waals surface area contributed by atoms with Crippen LogP contribution < -0.4 is 35.3 Å². The van der Waals surface area contributed by atoms with E-state index in [2.05, 4.69) is 72.5 Å². The smallest absolute Gasteiger partial charge is 1.00 e. The van der Waals surface area contributed by atoms with Gasteiger partial charge in [0.15, 0.2) is 0 Å². The maximum Gasteiger partial charge on any atom is 3.00 e. The molecular weight excluding hydrogens is 414 g/mol. The van der Waals surface area contributed by atoms with Crippen molar-refractivity contribution in [1.82, 2.24) is 0 Å². The fourth-order valence-corrected chi connectivity index (χ4v) is 3.10. The number of hydrogen-bond donors (Lipinski definition) is 0. The molecule has 2 aliphatic carbocycles. The summed E-state index contributed by atoms with van der Waals surface area (Å²) in [6.07, 6.45) is 12.8. The van der Waals surface area contributed by atoms with Gasteiger partial charge in [0.2, 0.25) is 0 Å². The quantitative estimate of drug-likeness (QED) is 0.375. The molecule has 0 heterocycles. The summed E-state index contributed by atoms with van der Waals surface area (Å²) in [6, 6.07) is 14.4. The molecule has 0 spiro atoms. The minimum absolute atomic E-state index is 0. The fourth-order valence-electron chi connectivity index (χ4n) is 3.10. The van der Waals surface area contributed by atoms with E-state index >= 15 is 0 Å². The van der Waals surface area contributed by atoms with E-state index in [4.69, 9.17) is 0 Å². The molecule has 2 aromatic carbocycles. The van der Waals surface area contributed by atoms with Gasteiger partial charge in [0.1, 0.15) is 0 Å². The van der Waals surface area contributed by atoms with Crippen molar-refractivity contribution in [3.8, 4) is 11.1 Å². The standard InChI is InChI=1S/C21H15.2ClH.Zr/c1-2-7-16-13-21-18(12-17-10-5-6-11-19(17)21)14-20(16)15-8-3-4-9-15;;;/h2-6,8-13,15H,1H3;2*1H;/q-1;;;+3/p-2. The molecule has 24 heavy (non-hydrogen) atoms. The maximum atomic E-state index is 3.63. The van der Waals surface area contributed by atoms with Gasteiger partial charge in [-0.05, 0) is 6.92 Å². The molecule has 0 saturated carbocycles. The first-order valence-corrected chi connectivity index (χ1v) is 7.30. The molecule has 2 aliphatic rings. The van der Waals surface area contributed by atoms with Crippen LogP contribution in [-0.4, -0.2) is 0 Å². The second-order valence-corrected chi connectivity index (χ2v) is 5.38. The molecule has 0 unspecified atom stereocenters. The average Bonchev–Trinajstić information content (AvgIpc) is 3.14. The molecular formula is C21H15Cl2Zr. The van der Waals surface area contributed by atoms with Crippen LogP contribution in [0.2, 0.25) is 0 Å². The first kappa shape index (κ1) is 20.9. The molecule has 4 rings (SSSR count). The van der Waals surface area contributed by atoms with Gasteiger partial charge >= 0.3 is 26.2 Å². The van der Waals surface area contributed by atoms with Crippen molar-refractivity contribution < 1.29 is 51.0 Å². The molecule has 2 aromatic rings. The number of allylic oxidation sites excluding steroid dienone is 5. The largest absolute Gasteiger partial charge is 3.00 e. The van der Waals surface area contributed by atoms with E-state index in [0.717, 1.165) is 5.22 Å². The Morgan fingerprint density at radius 2 is 1.75 bits per heavy atom. The van der Waals surface area contributed by atoms with Crippen LogP contribution in [0.5, 0.6) is 0 Å². The molecule has 0 saturated heterocycles. The Morgan fingerprint density at radius 1 is 1.04 bits per heavy atom. The van der Waals surface area contributed by atoms with E-state index in [-0.39, 0.29) is 51.0 Å². The van der Waals surface area contributed by atoms with E-state index in [1.807, 2.05) is 13.0 Å². The zero-order valence-electron chi connectivity index (χ0n) is 13.2. The van der Waals surface area contributed by atoms with Gasteiger partial charge in [-0.25, -0.2) is 0 Å². The van der Waals surface area contributed by atoms with Crippen LogP contribution in [-0.2, 0) is 26.2 Å². The summed E-state index contributed by atoms with van der Waals surface area (Å²) in [5.41, 5.74) is 8.43. The van der Waals surface area contributed by atoms with Gasteiger partial charge in [-0.15, -0.1) is 34.6 Å². The summed E-state index contributed by atoms with van der Waals surface area (Å²) in [4.78, 5) is 0. The predicted molar refractivity (Wildman–Crippen MR) is 88.2 cm³/mol. The molecule has 0 atom stereocenters. The van der Waals surface area contributed by atoms with E-state index in [9.17, 15) is 0 Å². The van der Waals surface area contributed by atoms with E-state index in [0.29, 0.717) is 5.92 Å². The first-order valence-electron chi connectivity index (χ1n) is 7.30. The third kappa shape index (κ3) is 3.61. The summed E-state index contributed by atoms with van der Waals surface area (Å²) >= 11 is 0. The SMILES string of the molecule is CC=C=c1cc2c([c-]c1C1C=CC=C1)=Cc1ccccc1-2.[Cl-].[Cl-].[Zr+3]. The molecule has 0 aliphatic heterocycles. The molecule has 3 heteroatoms. The van der Waals surface area contributed by atoms with Gasteiger partial charge in [0.05, 0.1) is 0 Å². The Labute approximate surface area is 174 Å². The number of halogens is 2. The topological polar surface area (TPSA) is 0 Å². The fraction of sp³-hybridized carbons (Fsp3) is 0.0952. The van der Waals surface area contributed by atoms with Crippen molar-refractivity contribution in [1.29, 1.82) is 0 Å². The first-order chi connectivity index (χ1) is 10.4. The summed E-state index contributed by atoms with van der Waals surface area (Å²) < 4.78 is 0. The van der Waals surface area contributed by atoms with Crippen molar-refractivity contribution in [3.05, 3.63) is 88.3 Å². The number of hydrogen-bond acceptors (Lipinski definition) is 0. The summed E-state index contributed by atoms with van der Waals surface area (Å²) in [5.74, 6) is 0.315. The molecule has 0 aromatic heterocycles. The summed E-state index contributed by atoms with van der Waals surface area (Å²) in [7, 11) is 0. The van der Waals surface area contributed by atoms with Gasteiger partial charge in [-0.3, -0.25) is 0 Å². The normalized spacial score (nSPS) is 12.7. The monoisotopic (exact) mass is 427 g/mol. The van der Waals surface area contributed by atoms with E-state index in [1.165, 1.54) is 27.5 Å². The van der Waals surface area contributed by atoms with Crippen LogP contribution in [0.15, 0.2) is 60.7 Å². The van der Waals surface area contributed by atoms with Crippen LogP contribution in [0, 0.1) is 6.07 Å². The maximum absolute atomic E-state index is 3.63. The van der Waals surface area contributed by atoms with Crippen molar-refractivity contribution in [2.75, 3.05) is 0 Å². The van der Waals surface area contributed by atoms with Crippen molar-refractivity contribution in [2.24, 2.45) is 0 Å². The average molecular weight is 429 g/mol. The van der Waals surface area contributed by atoms with Gasteiger partial charge < -0.3 is 24.8 Å². The van der Waals surface area contributed by atoms with Crippen LogP contribution in [0.3, 0.4) is 0 Å². The van der Waals surface area contributed by atoms with Crippen molar-refractivity contribution in [3.63, 3.8) is 0 Å². The minimum atomic E-state index is 0. The van der Waals surface area contributed by atoms with Crippen LogP contribution in [0.25, 0.3) is 22.9 Å². The van der Waals surface area contributed by atoms with Gasteiger partial charge in [0.25, 0.3) is 0 Å². The zero-order valence-corrected chi connectivity index (χ0v) is 17.2. The summed E-state index contributed by atoms with van der Waals surface area (Å²) in [6.45, 7) is 2.01. The molecule has 0 bridgehead atoms. The Hall–Kier alpha value is -1.10. The Kier molecular flexibility index (Phi) is 7.72. The predicted octanol–water partition coefficient (Wildman–Crippen LogP) is -2.53. The summed E-state index contributed by atoms with van der Waals surface area (Å²) in [5, 5.41) is 2.34. The minimum Gasteiger partial charge on any atom is -1.00 e.